The predicted molar refractivity (Wildman–Crippen MR) is 46.5 cm³/mol. The van der Waals surface area contributed by atoms with Crippen LogP contribution in [0.5, 0.6) is 0 Å². The Labute approximate surface area is 71.8 Å². The number of hydrogen-bond acceptors (Lipinski definition) is 2. The number of hydrogen-bond donors (Lipinski definition) is 1. The molecule has 0 radical (unpaired) electrons. The Balaban J connectivity index is 2.57. The molecule has 1 aromatic heterocycles. The largest absolute Gasteiger partial charge is 0.351 e. The molecular weight excluding hydrogens is 152 g/mol. The van der Waals surface area contributed by atoms with E-state index >= 15 is 0 Å². The topological polar surface area (TPSA) is 42.0 Å². The first-order valence-electron chi connectivity index (χ1n) is 3.85. The van der Waals surface area contributed by atoms with Crippen molar-refractivity contribution in [1.82, 2.24) is 10.3 Å². The van der Waals surface area contributed by atoms with E-state index in [4.69, 9.17) is 0 Å². The Kier molecular flexibility index (Phi) is 2.80. The lowest BCUT2D eigenvalue weighted by atomic mass is 10.3. The third-order valence-electron chi connectivity index (χ3n) is 1.46. The molecule has 0 aromatic carbocycles. The Hall–Kier alpha value is -1.38. The highest BCUT2D eigenvalue weighted by Crippen LogP contribution is 1.96. The average molecular weight is 164 g/mol. The zero-order valence-electron chi connectivity index (χ0n) is 7.29. The Morgan fingerprint density at radius 3 is 2.92 bits per heavy atom. The van der Waals surface area contributed by atoms with Crippen molar-refractivity contribution in [3.05, 3.63) is 29.6 Å². The number of nitrogens with one attached hydrogen (secondary N) is 1. The quantitative estimate of drug-likeness (QED) is 0.709. The van der Waals surface area contributed by atoms with E-state index in [1.54, 1.807) is 0 Å². The van der Waals surface area contributed by atoms with Gasteiger partial charge >= 0.3 is 0 Å². The molecule has 64 valence electrons. The predicted octanol–water partition coefficient (Wildman–Crippen LogP) is 1.03. The first-order chi connectivity index (χ1) is 5.68. The van der Waals surface area contributed by atoms with Gasteiger partial charge in [0.1, 0.15) is 0 Å². The highest BCUT2D eigenvalue weighted by Gasteiger charge is 1.94. The molecule has 0 fully saturated rings. The van der Waals surface area contributed by atoms with Crippen LogP contribution in [0.15, 0.2) is 18.2 Å². The molecule has 0 saturated heterocycles. The van der Waals surface area contributed by atoms with E-state index in [-0.39, 0.29) is 5.91 Å². The van der Waals surface area contributed by atoms with Gasteiger partial charge in [0.25, 0.3) is 0 Å². The monoisotopic (exact) mass is 164 g/mol. The summed E-state index contributed by atoms with van der Waals surface area (Å²) in [5.41, 5.74) is 1.86. The molecule has 0 bridgehead atoms. The van der Waals surface area contributed by atoms with Crippen molar-refractivity contribution in [3.63, 3.8) is 0 Å². The van der Waals surface area contributed by atoms with Crippen molar-refractivity contribution in [2.75, 3.05) is 0 Å². The highest BCUT2D eigenvalue weighted by atomic mass is 16.1. The first kappa shape index (κ1) is 8.71. The van der Waals surface area contributed by atoms with Gasteiger partial charge in [0, 0.05) is 12.6 Å². The molecule has 3 heteroatoms. The molecule has 1 aromatic rings. The lowest BCUT2D eigenvalue weighted by Gasteiger charge is -2.01. The number of nitrogens with zero attached hydrogens (tertiary/aromatic N) is 1. The molecule has 0 spiro atoms. The third-order valence-corrected chi connectivity index (χ3v) is 1.46. The molecule has 1 rings (SSSR count). The summed E-state index contributed by atoms with van der Waals surface area (Å²) in [7, 11) is 0. The van der Waals surface area contributed by atoms with Crippen LogP contribution in [0, 0.1) is 6.92 Å². The smallest absolute Gasteiger partial charge is 0.217 e. The summed E-state index contributed by atoms with van der Waals surface area (Å²) in [6, 6.07) is 5.75. The Morgan fingerprint density at radius 2 is 2.33 bits per heavy atom. The minimum absolute atomic E-state index is 0.0293. The van der Waals surface area contributed by atoms with Crippen molar-refractivity contribution < 1.29 is 4.79 Å². The second-order valence-electron chi connectivity index (χ2n) is 2.68. The fourth-order valence-electron chi connectivity index (χ4n) is 0.913. The molecule has 0 aliphatic carbocycles. The van der Waals surface area contributed by atoms with Crippen LogP contribution in [0.2, 0.25) is 0 Å². The van der Waals surface area contributed by atoms with Crippen LogP contribution in [-0.2, 0) is 11.3 Å². The molecule has 0 unspecified atom stereocenters. The highest BCUT2D eigenvalue weighted by molar-refractivity contribution is 5.72. The van der Waals surface area contributed by atoms with Gasteiger partial charge in [-0.3, -0.25) is 9.78 Å². The fourth-order valence-corrected chi connectivity index (χ4v) is 0.913. The van der Waals surface area contributed by atoms with E-state index in [9.17, 15) is 4.79 Å². The number of carbonyl (C=O) groups is 1. The van der Waals surface area contributed by atoms with Crippen LogP contribution in [0.3, 0.4) is 0 Å². The van der Waals surface area contributed by atoms with E-state index in [0.717, 1.165) is 11.4 Å². The molecule has 1 amide bonds. The minimum Gasteiger partial charge on any atom is -0.351 e. The van der Waals surface area contributed by atoms with Crippen LogP contribution >= 0.6 is 0 Å². The molecular formula is C9H12N2O. The SMILES string of the molecule is CC(=O)NCc1cccc(C)n1. The van der Waals surface area contributed by atoms with Gasteiger partial charge in [-0.05, 0) is 19.1 Å². The molecule has 0 atom stereocenters. The summed E-state index contributed by atoms with van der Waals surface area (Å²) >= 11 is 0. The second-order valence-corrected chi connectivity index (χ2v) is 2.68. The number of aromatic nitrogens is 1. The van der Waals surface area contributed by atoms with E-state index in [1.807, 2.05) is 25.1 Å². The number of aryl methyl sites for hydroxylation is 1. The van der Waals surface area contributed by atoms with Crippen molar-refractivity contribution in [1.29, 1.82) is 0 Å². The van der Waals surface area contributed by atoms with Gasteiger partial charge in [-0.25, -0.2) is 0 Å². The normalized spacial score (nSPS) is 9.50. The summed E-state index contributed by atoms with van der Waals surface area (Å²) in [4.78, 5) is 14.8. The zero-order chi connectivity index (χ0) is 8.97. The van der Waals surface area contributed by atoms with Crippen molar-refractivity contribution in [3.8, 4) is 0 Å². The number of carbonyl (C=O) groups excluding carboxylic acids is 1. The zero-order valence-corrected chi connectivity index (χ0v) is 7.29. The van der Waals surface area contributed by atoms with Crippen LogP contribution in [-0.4, -0.2) is 10.9 Å². The van der Waals surface area contributed by atoms with Gasteiger partial charge in [-0.2, -0.15) is 0 Å². The molecule has 1 heterocycles. The van der Waals surface area contributed by atoms with Crippen LogP contribution in [0.25, 0.3) is 0 Å². The van der Waals surface area contributed by atoms with Crippen molar-refractivity contribution >= 4 is 5.91 Å². The molecule has 1 N–H and O–H groups in total. The average Bonchev–Trinajstić information content (AvgIpc) is 2.01. The van der Waals surface area contributed by atoms with Crippen LogP contribution < -0.4 is 5.32 Å². The molecule has 12 heavy (non-hydrogen) atoms. The summed E-state index contributed by atoms with van der Waals surface area (Å²) in [6.07, 6.45) is 0. The van der Waals surface area contributed by atoms with E-state index in [0.29, 0.717) is 6.54 Å². The van der Waals surface area contributed by atoms with Gasteiger partial charge < -0.3 is 5.32 Å². The maximum Gasteiger partial charge on any atom is 0.217 e. The number of amides is 1. The van der Waals surface area contributed by atoms with Crippen LogP contribution in [0.4, 0.5) is 0 Å². The molecule has 0 aliphatic heterocycles. The summed E-state index contributed by atoms with van der Waals surface area (Å²) in [6.45, 7) is 3.93. The fraction of sp³-hybridized carbons (Fsp3) is 0.333. The van der Waals surface area contributed by atoms with Crippen molar-refractivity contribution in [2.24, 2.45) is 0 Å². The van der Waals surface area contributed by atoms with E-state index in [2.05, 4.69) is 10.3 Å². The third kappa shape index (κ3) is 2.70. The summed E-state index contributed by atoms with van der Waals surface area (Å²) in [5.74, 6) is -0.0293. The Morgan fingerprint density at radius 1 is 1.58 bits per heavy atom. The number of pyridine rings is 1. The number of rotatable bonds is 2. The maximum atomic E-state index is 10.6. The Bertz CT molecular complexity index is 284. The van der Waals surface area contributed by atoms with Gasteiger partial charge in [-0.15, -0.1) is 0 Å². The first-order valence-corrected chi connectivity index (χ1v) is 3.85. The lowest BCUT2D eigenvalue weighted by molar-refractivity contribution is -0.119. The van der Waals surface area contributed by atoms with Crippen LogP contribution in [0.1, 0.15) is 18.3 Å². The van der Waals surface area contributed by atoms with E-state index in [1.165, 1.54) is 6.92 Å². The maximum absolute atomic E-state index is 10.6. The van der Waals surface area contributed by atoms with Gasteiger partial charge in [0.2, 0.25) is 5.91 Å². The molecule has 0 aliphatic rings. The van der Waals surface area contributed by atoms with Gasteiger partial charge in [-0.1, -0.05) is 6.07 Å². The summed E-state index contributed by atoms with van der Waals surface area (Å²) in [5, 5.41) is 2.69. The van der Waals surface area contributed by atoms with Gasteiger partial charge in [0.05, 0.1) is 12.2 Å². The van der Waals surface area contributed by atoms with E-state index < -0.39 is 0 Å². The molecule has 3 nitrogen and oxygen atoms in total. The standard InChI is InChI=1S/C9H12N2O/c1-7-4-3-5-9(11-7)6-10-8(2)12/h3-5H,6H2,1-2H3,(H,10,12). The minimum atomic E-state index is -0.0293. The summed E-state index contributed by atoms with van der Waals surface area (Å²) < 4.78 is 0. The van der Waals surface area contributed by atoms with Gasteiger partial charge in [0.15, 0.2) is 0 Å². The second kappa shape index (κ2) is 3.85. The lowest BCUT2D eigenvalue weighted by Crippen LogP contribution is -2.19. The molecule has 0 saturated carbocycles. The van der Waals surface area contributed by atoms with Crippen molar-refractivity contribution in [2.45, 2.75) is 20.4 Å².